The molecular formula is C30H46O. The molecule has 0 aromatic heterocycles. The number of hydrogen-bond donors (Lipinski definition) is 0. The van der Waals surface area contributed by atoms with Crippen molar-refractivity contribution in [2.45, 2.75) is 103 Å². The van der Waals surface area contributed by atoms with E-state index in [-0.39, 0.29) is 0 Å². The van der Waals surface area contributed by atoms with E-state index in [1.165, 1.54) is 76.2 Å². The van der Waals surface area contributed by atoms with Crippen LogP contribution in [0.25, 0.3) is 0 Å². The van der Waals surface area contributed by atoms with Crippen LogP contribution in [0.5, 0.6) is 5.75 Å². The first kappa shape index (κ1) is 22.9. The maximum atomic E-state index is 5.67. The lowest BCUT2D eigenvalue weighted by Gasteiger charge is -2.45. The van der Waals surface area contributed by atoms with Crippen LogP contribution < -0.4 is 4.74 Å². The predicted octanol–water partition coefficient (Wildman–Crippen LogP) is 8.94. The highest BCUT2D eigenvalue weighted by molar-refractivity contribution is 5.30. The summed E-state index contributed by atoms with van der Waals surface area (Å²) in [5.74, 6) is 6.91. The Labute approximate surface area is 192 Å². The first-order valence-electron chi connectivity index (χ1n) is 13.6. The van der Waals surface area contributed by atoms with Gasteiger partial charge in [-0.05, 0) is 105 Å². The molecule has 172 valence electrons. The van der Waals surface area contributed by atoms with E-state index < -0.39 is 0 Å². The first-order valence-corrected chi connectivity index (χ1v) is 13.6. The fourth-order valence-corrected chi connectivity index (χ4v) is 7.28. The van der Waals surface area contributed by atoms with Crippen molar-refractivity contribution in [3.63, 3.8) is 0 Å². The van der Waals surface area contributed by atoms with Crippen molar-refractivity contribution in [2.75, 3.05) is 6.61 Å². The molecule has 4 atom stereocenters. The molecule has 0 radical (unpaired) electrons. The molecule has 0 spiro atoms. The Bertz CT molecular complexity index is 653. The molecule has 4 unspecified atom stereocenters. The maximum absolute atomic E-state index is 5.67. The molecule has 0 bridgehead atoms. The van der Waals surface area contributed by atoms with Gasteiger partial charge < -0.3 is 4.74 Å². The molecule has 1 nitrogen and oxygen atoms in total. The van der Waals surface area contributed by atoms with E-state index in [0.29, 0.717) is 6.61 Å². The molecule has 0 aliphatic heterocycles. The van der Waals surface area contributed by atoms with E-state index in [9.17, 15) is 0 Å². The molecule has 1 aromatic rings. The van der Waals surface area contributed by atoms with Gasteiger partial charge in [-0.25, -0.2) is 0 Å². The average Bonchev–Trinajstić information content (AvgIpc) is 2.83. The van der Waals surface area contributed by atoms with Crippen LogP contribution in [0.15, 0.2) is 36.9 Å². The third-order valence-corrected chi connectivity index (χ3v) is 9.15. The Morgan fingerprint density at radius 1 is 0.806 bits per heavy atom. The topological polar surface area (TPSA) is 9.23 Å². The molecular weight excluding hydrogens is 376 g/mol. The van der Waals surface area contributed by atoms with E-state index in [2.05, 4.69) is 37.8 Å². The van der Waals surface area contributed by atoms with E-state index in [4.69, 9.17) is 4.74 Å². The Kier molecular flexibility index (Phi) is 8.56. The highest BCUT2D eigenvalue weighted by Gasteiger charge is 2.39. The lowest BCUT2D eigenvalue weighted by Crippen LogP contribution is -2.34. The average molecular weight is 423 g/mol. The summed E-state index contributed by atoms with van der Waals surface area (Å²) in [6, 6.07) is 8.93. The van der Waals surface area contributed by atoms with Crippen LogP contribution in [0.4, 0.5) is 0 Å². The van der Waals surface area contributed by atoms with Gasteiger partial charge in [-0.1, -0.05) is 70.2 Å². The molecule has 1 heteroatoms. The highest BCUT2D eigenvalue weighted by Crippen LogP contribution is 2.51. The smallest absolute Gasteiger partial charge is 0.119 e. The molecule has 3 fully saturated rings. The molecule has 1 aromatic carbocycles. The van der Waals surface area contributed by atoms with Crippen LogP contribution in [0.1, 0.15) is 108 Å². The van der Waals surface area contributed by atoms with Gasteiger partial charge in [0, 0.05) is 0 Å². The Morgan fingerprint density at radius 2 is 1.45 bits per heavy atom. The van der Waals surface area contributed by atoms with Gasteiger partial charge in [0.2, 0.25) is 0 Å². The van der Waals surface area contributed by atoms with E-state index >= 15 is 0 Å². The fraction of sp³-hybridized carbons (Fsp3) is 0.733. The summed E-state index contributed by atoms with van der Waals surface area (Å²) in [5, 5.41) is 0. The van der Waals surface area contributed by atoms with Crippen LogP contribution in [-0.2, 0) is 0 Å². The van der Waals surface area contributed by atoms with Crippen molar-refractivity contribution in [1.29, 1.82) is 0 Å². The van der Waals surface area contributed by atoms with Gasteiger partial charge in [0.05, 0.1) is 0 Å². The number of rotatable bonds is 9. The van der Waals surface area contributed by atoms with Crippen molar-refractivity contribution in [2.24, 2.45) is 29.6 Å². The van der Waals surface area contributed by atoms with Crippen LogP contribution in [0.3, 0.4) is 0 Å². The SMILES string of the molecule is C=CCOc1ccc(C2CCC3CC(C4CCC(CCCCC)CC4)CCC3C2)cc1. The standard InChI is InChI=1S/C30H46O/c1-3-5-6-7-23-8-10-24(11-9-23)26-12-14-29-22-27(13-15-28(29)21-26)25-16-18-30(19-17-25)31-20-4-2/h4,16-19,23-24,26-29H,2-3,5-15,20-22H2,1H3. The Morgan fingerprint density at radius 3 is 2.16 bits per heavy atom. The second kappa shape index (κ2) is 11.6. The van der Waals surface area contributed by atoms with Gasteiger partial charge in [0.1, 0.15) is 12.4 Å². The summed E-state index contributed by atoms with van der Waals surface area (Å²) in [4.78, 5) is 0. The second-order valence-electron chi connectivity index (χ2n) is 11.0. The summed E-state index contributed by atoms with van der Waals surface area (Å²) in [7, 11) is 0. The van der Waals surface area contributed by atoms with E-state index in [1.807, 2.05) is 6.08 Å². The van der Waals surface area contributed by atoms with Gasteiger partial charge in [0.15, 0.2) is 0 Å². The molecule has 0 saturated heterocycles. The normalized spacial score (nSPS) is 33.5. The van der Waals surface area contributed by atoms with Gasteiger partial charge in [-0.2, -0.15) is 0 Å². The Balaban J connectivity index is 1.22. The minimum Gasteiger partial charge on any atom is -0.490 e. The number of benzene rings is 1. The highest BCUT2D eigenvalue weighted by atomic mass is 16.5. The monoisotopic (exact) mass is 422 g/mol. The second-order valence-corrected chi connectivity index (χ2v) is 11.0. The molecule has 31 heavy (non-hydrogen) atoms. The molecule has 3 aliphatic carbocycles. The van der Waals surface area contributed by atoms with Crippen LogP contribution >= 0.6 is 0 Å². The molecule has 4 rings (SSSR count). The van der Waals surface area contributed by atoms with Crippen LogP contribution in [0, 0.1) is 29.6 Å². The van der Waals surface area contributed by atoms with Crippen LogP contribution in [-0.4, -0.2) is 6.61 Å². The first-order chi connectivity index (χ1) is 15.3. The number of hydrogen-bond acceptors (Lipinski definition) is 1. The zero-order chi connectivity index (χ0) is 21.5. The third-order valence-electron chi connectivity index (χ3n) is 9.15. The van der Waals surface area contributed by atoms with Crippen molar-refractivity contribution >= 4 is 0 Å². The summed E-state index contributed by atoms with van der Waals surface area (Å²) < 4.78 is 5.67. The van der Waals surface area contributed by atoms with Gasteiger partial charge in [-0.15, -0.1) is 0 Å². The largest absolute Gasteiger partial charge is 0.490 e. The van der Waals surface area contributed by atoms with E-state index in [0.717, 1.165) is 41.3 Å². The molecule has 3 saturated carbocycles. The lowest BCUT2D eigenvalue weighted by atomic mass is 9.60. The predicted molar refractivity (Wildman–Crippen MR) is 133 cm³/mol. The minimum atomic E-state index is 0.591. The molecule has 0 heterocycles. The zero-order valence-corrected chi connectivity index (χ0v) is 20.1. The fourth-order valence-electron chi connectivity index (χ4n) is 7.28. The third kappa shape index (κ3) is 6.17. The number of fused-ring (bicyclic) bond motifs is 1. The Hall–Kier alpha value is -1.24. The summed E-state index contributed by atoms with van der Waals surface area (Å²) in [6.45, 7) is 6.65. The maximum Gasteiger partial charge on any atom is 0.119 e. The van der Waals surface area contributed by atoms with Crippen molar-refractivity contribution in [3.8, 4) is 5.75 Å². The molecule has 0 amide bonds. The summed E-state index contributed by atoms with van der Waals surface area (Å²) in [6.07, 6.45) is 22.6. The lowest BCUT2D eigenvalue weighted by molar-refractivity contribution is 0.0710. The quantitative estimate of drug-likeness (QED) is 0.285. The minimum absolute atomic E-state index is 0.591. The van der Waals surface area contributed by atoms with Gasteiger partial charge in [-0.3, -0.25) is 0 Å². The van der Waals surface area contributed by atoms with Crippen molar-refractivity contribution in [3.05, 3.63) is 42.5 Å². The summed E-state index contributed by atoms with van der Waals surface area (Å²) in [5.41, 5.74) is 1.54. The van der Waals surface area contributed by atoms with Gasteiger partial charge in [0.25, 0.3) is 0 Å². The summed E-state index contributed by atoms with van der Waals surface area (Å²) >= 11 is 0. The molecule has 3 aliphatic rings. The number of unbranched alkanes of at least 4 members (excludes halogenated alkanes) is 2. The van der Waals surface area contributed by atoms with E-state index in [1.54, 1.807) is 19.3 Å². The van der Waals surface area contributed by atoms with Crippen LogP contribution in [0.2, 0.25) is 0 Å². The van der Waals surface area contributed by atoms with Crippen molar-refractivity contribution in [1.82, 2.24) is 0 Å². The van der Waals surface area contributed by atoms with Crippen molar-refractivity contribution < 1.29 is 4.74 Å². The number of ether oxygens (including phenoxy) is 1. The van der Waals surface area contributed by atoms with Gasteiger partial charge >= 0.3 is 0 Å². The zero-order valence-electron chi connectivity index (χ0n) is 20.1. The molecule has 0 N–H and O–H groups in total.